The van der Waals surface area contributed by atoms with Crippen molar-refractivity contribution in [3.05, 3.63) is 89.7 Å². The summed E-state index contributed by atoms with van der Waals surface area (Å²) in [6.45, 7) is 4.67. The summed E-state index contributed by atoms with van der Waals surface area (Å²) in [6, 6.07) is 23.2. The highest BCUT2D eigenvalue weighted by molar-refractivity contribution is 14.1. The monoisotopic (exact) mass is 543 g/mol. The topological polar surface area (TPSA) is 32.7 Å². The SMILES string of the molecule is CC1(O)CC(C2N(c3ccc(F)cc3)c3cccc(OCc4ccccc4)c3C2(C)I)C1. The van der Waals surface area contributed by atoms with Crippen LogP contribution < -0.4 is 9.64 Å². The number of benzene rings is 3. The van der Waals surface area contributed by atoms with E-state index < -0.39 is 5.60 Å². The van der Waals surface area contributed by atoms with E-state index in [0.717, 1.165) is 41.1 Å². The van der Waals surface area contributed by atoms with Gasteiger partial charge in [0, 0.05) is 16.9 Å². The van der Waals surface area contributed by atoms with Crippen LogP contribution in [0, 0.1) is 11.7 Å². The lowest BCUT2D eigenvalue weighted by atomic mass is 9.66. The van der Waals surface area contributed by atoms with E-state index in [0.29, 0.717) is 12.5 Å². The third-order valence-corrected chi connectivity index (χ3v) is 7.96. The van der Waals surface area contributed by atoms with E-state index in [9.17, 15) is 9.50 Å². The van der Waals surface area contributed by atoms with Crippen LogP contribution >= 0.6 is 22.6 Å². The van der Waals surface area contributed by atoms with E-state index >= 15 is 0 Å². The number of aliphatic hydroxyl groups is 1. The van der Waals surface area contributed by atoms with Gasteiger partial charge in [-0.1, -0.05) is 59.0 Å². The Labute approximate surface area is 202 Å². The molecule has 2 unspecified atom stereocenters. The van der Waals surface area contributed by atoms with Crippen LogP contribution in [0.5, 0.6) is 5.75 Å². The molecule has 0 saturated heterocycles. The van der Waals surface area contributed by atoms with Crippen molar-refractivity contribution < 1.29 is 14.2 Å². The molecule has 0 radical (unpaired) electrons. The molecule has 5 heteroatoms. The Balaban J connectivity index is 1.57. The Morgan fingerprint density at radius 1 is 1.00 bits per heavy atom. The number of alkyl halides is 1. The van der Waals surface area contributed by atoms with Gasteiger partial charge in [-0.05, 0) is 74.6 Å². The molecule has 1 aliphatic carbocycles. The Morgan fingerprint density at radius 3 is 2.34 bits per heavy atom. The first-order valence-corrected chi connectivity index (χ1v) is 12.1. The highest BCUT2D eigenvalue weighted by Gasteiger charge is 2.56. The molecule has 3 nitrogen and oxygen atoms in total. The summed E-state index contributed by atoms with van der Waals surface area (Å²) >= 11 is 2.56. The molecule has 2 aliphatic rings. The molecule has 3 aromatic carbocycles. The third-order valence-electron chi connectivity index (χ3n) is 6.78. The summed E-state index contributed by atoms with van der Waals surface area (Å²) in [5, 5.41) is 10.5. The minimum Gasteiger partial charge on any atom is -0.488 e. The first-order chi connectivity index (χ1) is 15.3. The average Bonchev–Trinajstić information content (AvgIpc) is 2.99. The van der Waals surface area contributed by atoms with Gasteiger partial charge in [-0.3, -0.25) is 0 Å². The number of halogens is 2. The van der Waals surface area contributed by atoms with Crippen LogP contribution in [0.1, 0.15) is 37.8 Å². The smallest absolute Gasteiger partial charge is 0.126 e. The van der Waals surface area contributed by atoms with Gasteiger partial charge in [-0.15, -0.1) is 0 Å². The molecule has 0 bridgehead atoms. The molecule has 1 aliphatic heterocycles. The normalized spacial score (nSPS) is 28.8. The number of nitrogens with zero attached hydrogens (tertiary/aromatic N) is 1. The quantitative estimate of drug-likeness (QED) is 0.286. The molecule has 3 aromatic rings. The Morgan fingerprint density at radius 2 is 1.69 bits per heavy atom. The standard InChI is InChI=1S/C27H27FINO2/c1-26(31)15-19(16-26)25-27(2,29)24-22(30(25)21-13-11-20(28)12-14-21)9-6-10-23(24)32-17-18-7-4-3-5-8-18/h3-14,19,25,31H,15-17H2,1-2H3. The van der Waals surface area contributed by atoms with Gasteiger partial charge in [0.05, 0.1) is 15.1 Å². The molecule has 2 atom stereocenters. The molecule has 0 aromatic heterocycles. The molecular formula is C27H27FINO2. The van der Waals surface area contributed by atoms with Gasteiger partial charge in [-0.25, -0.2) is 4.39 Å². The van der Waals surface area contributed by atoms with E-state index in [-0.39, 0.29) is 15.3 Å². The maximum absolute atomic E-state index is 13.7. The predicted molar refractivity (Wildman–Crippen MR) is 134 cm³/mol. The van der Waals surface area contributed by atoms with Gasteiger partial charge >= 0.3 is 0 Å². The number of fused-ring (bicyclic) bond motifs is 1. The molecule has 32 heavy (non-hydrogen) atoms. The van der Waals surface area contributed by atoms with Crippen LogP contribution in [0.3, 0.4) is 0 Å². The second-order valence-electron chi connectivity index (χ2n) is 9.46. The van der Waals surface area contributed by atoms with Crippen molar-refractivity contribution in [3.63, 3.8) is 0 Å². The fraction of sp³-hybridized carbons (Fsp3) is 0.333. The highest BCUT2D eigenvalue weighted by Crippen LogP contribution is 2.61. The van der Waals surface area contributed by atoms with E-state index in [4.69, 9.17) is 4.74 Å². The van der Waals surface area contributed by atoms with Gasteiger partial charge in [-0.2, -0.15) is 0 Å². The van der Waals surface area contributed by atoms with E-state index in [1.807, 2.05) is 49.4 Å². The van der Waals surface area contributed by atoms with Crippen molar-refractivity contribution in [2.45, 2.75) is 48.4 Å². The van der Waals surface area contributed by atoms with Crippen LogP contribution in [-0.4, -0.2) is 16.7 Å². The van der Waals surface area contributed by atoms with Crippen molar-refractivity contribution >= 4 is 34.0 Å². The maximum Gasteiger partial charge on any atom is 0.126 e. The van der Waals surface area contributed by atoms with Gasteiger partial charge in [0.25, 0.3) is 0 Å². The van der Waals surface area contributed by atoms with Crippen molar-refractivity contribution in [1.82, 2.24) is 0 Å². The molecule has 1 saturated carbocycles. The number of rotatable bonds is 5. The maximum atomic E-state index is 13.7. The number of anilines is 2. The molecule has 0 spiro atoms. The summed E-state index contributed by atoms with van der Waals surface area (Å²) in [7, 11) is 0. The lowest BCUT2D eigenvalue weighted by Gasteiger charge is -2.49. The average molecular weight is 543 g/mol. The Bertz CT molecular complexity index is 1110. The van der Waals surface area contributed by atoms with Crippen LogP contribution in [0.25, 0.3) is 0 Å². The first-order valence-electron chi connectivity index (χ1n) is 11.0. The zero-order valence-electron chi connectivity index (χ0n) is 18.3. The summed E-state index contributed by atoms with van der Waals surface area (Å²) in [5.74, 6) is 0.962. The van der Waals surface area contributed by atoms with E-state index in [1.165, 1.54) is 12.1 Å². The van der Waals surface area contributed by atoms with E-state index in [1.54, 1.807) is 0 Å². The van der Waals surface area contributed by atoms with Gasteiger partial charge < -0.3 is 14.7 Å². The molecule has 0 amide bonds. The summed E-state index contributed by atoms with van der Waals surface area (Å²) < 4.78 is 19.8. The lowest BCUT2D eigenvalue weighted by Crippen LogP contribution is -2.54. The predicted octanol–water partition coefficient (Wildman–Crippen LogP) is 6.74. The third kappa shape index (κ3) is 3.79. The van der Waals surface area contributed by atoms with Crippen molar-refractivity contribution in [2.75, 3.05) is 4.90 Å². The summed E-state index contributed by atoms with van der Waals surface area (Å²) in [6.07, 6.45) is 1.50. The van der Waals surface area contributed by atoms with Crippen LogP contribution in [-0.2, 0) is 10.0 Å². The molecule has 1 heterocycles. The fourth-order valence-corrected chi connectivity index (χ4v) is 6.78. The molecule has 5 rings (SSSR count). The van der Waals surface area contributed by atoms with Crippen molar-refractivity contribution in [1.29, 1.82) is 0 Å². The number of ether oxygens (including phenoxy) is 1. The fourth-order valence-electron chi connectivity index (χ4n) is 5.46. The minimum atomic E-state index is -0.618. The molecular weight excluding hydrogens is 516 g/mol. The number of hydrogen-bond donors (Lipinski definition) is 1. The zero-order valence-corrected chi connectivity index (χ0v) is 20.4. The second kappa shape index (κ2) is 8.03. The van der Waals surface area contributed by atoms with Crippen molar-refractivity contribution in [3.8, 4) is 5.75 Å². The van der Waals surface area contributed by atoms with Crippen LogP contribution in [0.2, 0.25) is 0 Å². The summed E-state index contributed by atoms with van der Waals surface area (Å²) in [4.78, 5) is 2.33. The second-order valence-corrected chi connectivity index (χ2v) is 11.7. The minimum absolute atomic E-state index is 0.130. The lowest BCUT2D eigenvalue weighted by molar-refractivity contribution is -0.0661. The molecule has 166 valence electrons. The van der Waals surface area contributed by atoms with Crippen LogP contribution in [0.4, 0.5) is 15.8 Å². The Kier molecular flexibility index (Phi) is 5.45. The molecule has 1 fully saturated rings. The van der Waals surface area contributed by atoms with Crippen molar-refractivity contribution in [2.24, 2.45) is 5.92 Å². The highest BCUT2D eigenvalue weighted by atomic mass is 127. The molecule has 1 N–H and O–H groups in total. The van der Waals surface area contributed by atoms with E-state index in [2.05, 4.69) is 52.6 Å². The van der Waals surface area contributed by atoms with Crippen LogP contribution in [0.15, 0.2) is 72.8 Å². The number of hydrogen-bond acceptors (Lipinski definition) is 3. The van der Waals surface area contributed by atoms with Gasteiger partial charge in [0.1, 0.15) is 18.2 Å². The van der Waals surface area contributed by atoms with Gasteiger partial charge in [0.15, 0.2) is 0 Å². The zero-order chi connectivity index (χ0) is 22.5. The largest absolute Gasteiger partial charge is 0.488 e. The summed E-state index contributed by atoms with van der Waals surface area (Å²) in [5.41, 5.74) is 3.73. The Hall–Kier alpha value is -2.12. The first kappa shape index (κ1) is 21.7. The van der Waals surface area contributed by atoms with Gasteiger partial charge in [0.2, 0.25) is 0 Å².